The Kier molecular flexibility index (Phi) is 2.66. The number of hydrogen-bond acceptors (Lipinski definition) is 4. The van der Waals surface area contributed by atoms with Crippen LogP contribution in [0.15, 0.2) is 29.6 Å². The van der Waals surface area contributed by atoms with Crippen molar-refractivity contribution in [3.8, 4) is 17.3 Å². The van der Waals surface area contributed by atoms with Crippen LogP contribution in [0.3, 0.4) is 0 Å². The van der Waals surface area contributed by atoms with Gasteiger partial charge in [-0.1, -0.05) is 18.2 Å². The lowest BCUT2D eigenvalue weighted by atomic mass is 10.1. The van der Waals surface area contributed by atoms with Gasteiger partial charge in [0.2, 0.25) is 0 Å². The van der Waals surface area contributed by atoms with Gasteiger partial charge in [-0.3, -0.25) is 0 Å². The molecule has 74 valence electrons. The van der Waals surface area contributed by atoms with E-state index < -0.39 is 0 Å². The van der Waals surface area contributed by atoms with Gasteiger partial charge in [-0.2, -0.15) is 5.26 Å². The van der Waals surface area contributed by atoms with Gasteiger partial charge >= 0.3 is 0 Å². The van der Waals surface area contributed by atoms with Gasteiger partial charge in [0.05, 0.1) is 17.3 Å². The highest BCUT2D eigenvalue weighted by Crippen LogP contribution is 2.26. The normalized spacial score (nSPS) is 9.60. The number of rotatable bonds is 2. The lowest BCUT2D eigenvalue weighted by molar-refractivity contribution is 1.35. The molecule has 0 spiro atoms. The van der Waals surface area contributed by atoms with Crippen LogP contribution in [0.4, 0.5) is 5.13 Å². The molecule has 0 saturated carbocycles. The number of nitriles is 1. The van der Waals surface area contributed by atoms with Crippen molar-refractivity contribution in [1.29, 1.82) is 5.26 Å². The zero-order chi connectivity index (χ0) is 10.7. The molecule has 1 aromatic carbocycles. The van der Waals surface area contributed by atoms with Crippen LogP contribution in [0.5, 0.6) is 0 Å². The van der Waals surface area contributed by atoms with E-state index in [1.54, 1.807) is 6.07 Å². The molecule has 3 nitrogen and oxygen atoms in total. The summed E-state index contributed by atoms with van der Waals surface area (Å²) in [5.74, 6) is 0. The molecule has 0 amide bonds. The minimum absolute atomic E-state index is 0.658. The van der Waals surface area contributed by atoms with E-state index in [0.717, 1.165) is 16.4 Å². The molecule has 1 N–H and O–H groups in total. The number of nitrogens with one attached hydrogen (secondary N) is 1. The SMILES string of the molecule is CNc1nc(-c2ccccc2C#N)cs1. The van der Waals surface area contributed by atoms with E-state index in [0.29, 0.717) is 5.56 Å². The highest BCUT2D eigenvalue weighted by Gasteiger charge is 2.07. The van der Waals surface area contributed by atoms with Gasteiger partial charge < -0.3 is 5.32 Å². The molecule has 0 aliphatic heterocycles. The molecule has 1 heterocycles. The molecule has 0 radical (unpaired) electrons. The summed E-state index contributed by atoms with van der Waals surface area (Å²) in [6, 6.07) is 9.64. The molecule has 2 aromatic rings. The molecule has 0 atom stereocenters. The Balaban J connectivity index is 2.49. The Bertz CT molecular complexity index is 511. The summed E-state index contributed by atoms with van der Waals surface area (Å²) in [6.07, 6.45) is 0. The smallest absolute Gasteiger partial charge is 0.182 e. The van der Waals surface area contributed by atoms with Crippen LogP contribution < -0.4 is 5.32 Å². The van der Waals surface area contributed by atoms with Crippen molar-refractivity contribution in [2.24, 2.45) is 0 Å². The fourth-order valence-corrected chi connectivity index (χ4v) is 1.99. The summed E-state index contributed by atoms with van der Waals surface area (Å²) >= 11 is 1.53. The Morgan fingerprint density at radius 2 is 2.20 bits per heavy atom. The number of anilines is 1. The molecule has 0 unspecified atom stereocenters. The van der Waals surface area contributed by atoms with Crippen molar-refractivity contribution in [2.45, 2.75) is 0 Å². The lowest BCUT2D eigenvalue weighted by Crippen LogP contribution is -1.87. The van der Waals surface area contributed by atoms with E-state index >= 15 is 0 Å². The fourth-order valence-electron chi connectivity index (χ4n) is 1.32. The summed E-state index contributed by atoms with van der Waals surface area (Å²) in [5.41, 5.74) is 2.39. The van der Waals surface area contributed by atoms with Crippen LogP contribution in [0, 0.1) is 11.3 Å². The monoisotopic (exact) mass is 215 g/mol. The van der Waals surface area contributed by atoms with Crippen molar-refractivity contribution >= 4 is 16.5 Å². The maximum absolute atomic E-state index is 8.95. The Morgan fingerprint density at radius 1 is 1.40 bits per heavy atom. The highest BCUT2D eigenvalue weighted by molar-refractivity contribution is 7.14. The molecule has 0 bridgehead atoms. The lowest BCUT2D eigenvalue weighted by Gasteiger charge is -1.98. The summed E-state index contributed by atoms with van der Waals surface area (Å²) in [6.45, 7) is 0. The standard InChI is InChI=1S/C11H9N3S/c1-13-11-14-10(7-15-11)9-5-3-2-4-8(9)6-12/h2-5,7H,1H3,(H,13,14). The first-order valence-electron chi connectivity index (χ1n) is 4.48. The van der Waals surface area contributed by atoms with Crippen molar-refractivity contribution in [1.82, 2.24) is 4.98 Å². The van der Waals surface area contributed by atoms with Gasteiger partial charge in [-0.15, -0.1) is 11.3 Å². The quantitative estimate of drug-likeness (QED) is 0.838. The van der Waals surface area contributed by atoms with E-state index in [9.17, 15) is 0 Å². The van der Waals surface area contributed by atoms with Crippen molar-refractivity contribution in [2.75, 3.05) is 12.4 Å². The Morgan fingerprint density at radius 3 is 2.87 bits per heavy atom. The van der Waals surface area contributed by atoms with E-state index in [4.69, 9.17) is 5.26 Å². The van der Waals surface area contributed by atoms with E-state index in [1.165, 1.54) is 11.3 Å². The fraction of sp³-hybridized carbons (Fsp3) is 0.0909. The van der Waals surface area contributed by atoms with E-state index in [1.807, 2.05) is 30.6 Å². The van der Waals surface area contributed by atoms with Crippen LogP contribution in [0.25, 0.3) is 11.3 Å². The number of hydrogen-bond donors (Lipinski definition) is 1. The molecule has 4 heteroatoms. The summed E-state index contributed by atoms with van der Waals surface area (Å²) < 4.78 is 0. The van der Waals surface area contributed by atoms with Crippen LogP contribution in [-0.2, 0) is 0 Å². The van der Waals surface area contributed by atoms with Gasteiger partial charge in [0.1, 0.15) is 0 Å². The number of thiazole rings is 1. The zero-order valence-corrected chi connectivity index (χ0v) is 9.01. The highest BCUT2D eigenvalue weighted by atomic mass is 32.1. The Labute approximate surface area is 92.0 Å². The minimum Gasteiger partial charge on any atom is -0.365 e. The van der Waals surface area contributed by atoms with Crippen molar-refractivity contribution in [3.05, 3.63) is 35.2 Å². The molecule has 0 saturated heterocycles. The van der Waals surface area contributed by atoms with Crippen LogP contribution >= 0.6 is 11.3 Å². The number of aromatic nitrogens is 1. The summed E-state index contributed by atoms with van der Waals surface area (Å²) in [4.78, 5) is 4.36. The Hall–Kier alpha value is -1.86. The van der Waals surface area contributed by atoms with Gasteiger partial charge in [-0.25, -0.2) is 4.98 Å². The molecule has 15 heavy (non-hydrogen) atoms. The zero-order valence-electron chi connectivity index (χ0n) is 8.19. The maximum atomic E-state index is 8.95. The van der Waals surface area contributed by atoms with Crippen LogP contribution in [0.1, 0.15) is 5.56 Å². The molecular formula is C11H9N3S. The molecular weight excluding hydrogens is 206 g/mol. The third kappa shape index (κ3) is 1.83. The van der Waals surface area contributed by atoms with Crippen molar-refractivity contribution < 1.29 is 0 Å². The van der Waals surface area contributed by atoms with Gasteiger partial charge in [-0.05, 0) is 6.07 Å². The first-order valence-corrected chi connectivity index (χ1v) is 5.36. The number of nitrogens with zero attached hydrogens (tertiary/aromatic N) is 2. The van der Waals surface area contributed by atoms with Crippen LogP contribution in [-0.4, -0.2) is 12.0 Å². The average molecular weight is 215 g/mol. The largest absolute Gasteiger partial charge is 0.365 e. The van der Waals surface area contributed by atoms with E-state index in [-0.39, 0.29) is 0 Å². The first-order chi connectivity index (χ1) is 7.35. The molecule has 0 aliphatic rings. The number of benzene rings is 1. The second kappa shape index (κ2) is 4.11. The second-order valence-electron chi connectivity index (χ2n) is 2.95. The van der Waals surface area contributed by atoms with Crippen molar-refractivity contribution in [3.63, 3.8) is 0 Å². The second-order valence-corrected chi connectivity index (χ2v) is 3.80. The van der Waals surface area contributed by atoms with Crippen LogP contribution in [0.2, 0.25) is 0 Å². The minimum atomic E-state index is 0.658. The van der Waals surface area contributed by atoms with Gasteiger partial charge in [0.15, 0.2) is 5.13 Å². The third-order valence-electron chi connectivity index (χ3n) is 2.04. The molecule has 2 rings (SSSR count). The molecule has 0 fully saturated rings. The molecule has 1 aromatic heterocycles. The predicted octanol–water partition coefficient (Wildman–Crippen LogP) is 2.72. The molecule has 0 aliphatic carbocycles. The van der Waals surface area contributed by atoms with Gasteiger partial charge in [0, 0.05) is 18.0 Å². The van der Waals surface area contributed by atoms with E-state index in [2.05, 4.69) is 16.4 Å². The predicted molar refractivity (Wildman–Crippen MR) is 61.8 cm³/mol. The summed E-state index contributed by atoms with van der Waals surface area (Å²) in [7, 11) is 1.83. The average Bonchev–Trinajstić information content (AvgIpc) is 2.77. The topological polar surface area (TPSA) is 48.7 Å². The first kappa shape index (κ1) is 9.69. The summed E-state index contributed by atoms with van der Waals surface area (Å²) in [5, 5.41) is 14.7. The maximum Gasteiger partial charge on any atom is 0.182 e. The van der Waals surface area contributed by atoms with Gasteiger partial charge in [0.25, 0.3) is 0 Å². The third-order valence-corrected chi connectivity index (χ3v) is 2.90.